The number of fused-ring (bicyclic) bond motifs is 15. The van der Waals surface area contributed by atoms with Gasteiger partial charge in [-0.3, -0.25) is 0 Å². The van der Waals surface area contributed by atoms with Crippen LogP contribution in [0.2, 0.25) is 0 Å². The van der Waals surface area contributed by atoms with Gasteiger partial charge in [0.25, 0.3) is 0 Å². The number of aryl methyl sites for hydroxylation is 11. The molecule has 0 bridgehead atoms. The first-order valence-corrected chi connectivity index (χ1v) is 45.7. The maximum Gasteiger partial charge on any atom is 0.216 e. The van der Waals surface area contributed by atoms with Crippen molar-refractivity contribution in [2.75, 3.05) is 0 Å². The fourth-order valence-electron chi connectivity index (χ4n) is 16.1. The molecule has 0 amide bonds. The van der Waals surface area contributed by atoms with Crippen LogP contribution in [0, 0.1) is 124 Å². The maximum atomic E-state index is 8.32. The van der Waals surface area contributed by atoms with E-state index >= 15 is 0 Å². The SMILES string of the molecule is [2H]C([2H])([2H])c1c[c-]c(-c2ccc(C([2H])([2H])[2H])cn2)cc1.[2H]C([2H])([2H])c1c[c-]c(-c2ccc(C([2H])([2H])[2H])cn2)cc1.[2H]C([2H])([2H])c1c[c-]c(-c2ccc(C([2H])([2H])[2H])cn2)cc1.[2H]C([2H])([2H])c1c[c-]c(-c2ccc(C([2H])([2H])[2H])cn2)cc1.[2H]C([2H])([2H])c1ccc2c(n1)oc1c(-c3cc(C([2H])(C)C([2H])([2H])[2H])ccn3)[c-]ccc12.[2H]C([2H])([2H])c1ccnc(-c2[c-]ccc3c2oc2cc(C)ccc23)c1.[Ir].[Ir].[Ir].[Ir].[c-]1ccc2c(oc3cc4ccccc4cc32)c1-c1ccccn1.[c-]1ccc2c(oc3ccc4ccccc4c32)c1-c1ccccn1. The van der Waals surface area contributed by atoms with Crippen molar-refractivity contribution in [3.05, 3.63) is 499 Å². The Bertz CT molecular complexity index is 9850. The van der Waals surface area contributed by atoms with E-state index in [4.69, 9.17) is 64.3 Å². The van der Waals surface area contributed by atoms with Crippen LogP contribution in [0.25, 0.3) is 199 Å². The molecule has 26 aromatic rings. The van der Waals surface area contributed by atoms with Gasteiger partial charge in [-0.1, -0.05) is 248 Å². The molecule has 0 aliphatic carbocycles. The van der Waals surface area contributed by atoms with Gasteiger partial charge in [0, 0.05) is 204 Å². The average Bonchev–Trinajstić information content (AvgIpc) is 1.60. The molecular weight excluding hydrogens is 2560 g/mol. The van der Waals surface area contributed by atoms with Gasteiger partial charge >= 0.3 is 0 Å². The molecule has 1 atom stereocenters. The first kappa shape index (κ1) is 72.0. The van der Waals surface area contributed by atoms with Crippen LogP contribution in [0.4, 0.5) is 0 Å². The van der Waals surface area contributed by atoms with Crippen LogP contribution in [-0.4, -0.2) is 44.9 Å². The molecule has 17 heteroatoms. The Morgan fingerprint density at radius 3 is 1.12 bits per heavy atom. The molecule has 0 saturated carbocycles. The van der Waals surface area contributed by atoms with Gasteiger partial charge in [0.2, 0.25) is 5.71 Å². The van der Waals surface area contributed by atoms with Crippen LogP contribution >= 0.6 is 0 Å². The number of rotatable bonds is 9. The van der Waals surface area contributed by atoms with Crippen LogP contribution in [0.3, 0.4) is 0 Å². The first-order chi connectivity index (χ1) is 84.8. The van der Waals surface area contributed by atoms with E-state index in [1.54, 1.807) is 91.3 Å². The zero-order valence-electron chi connectivity index (χ0n) is 113. The van der Waals surface area contributed by atoms with Crippen molar-refractivity contribution < 1.29 is 145 Å². The van der Waals surface area contributed by atoms with Crippen LogP contribution < -0.4 is 0 Å². The minimum atomic E-state index is -2.52. The summed E-state index contributed by atoms with van der Waals surface area (Å²) in [6, 6.07) is 122. The topological polar surface area (TPSA) is 169 Å². The Morgan fingerprint density at radius 2 is 0.660 bits per heavy atom. The minimum Gasteiger partial charge on any atom is -0.501 e. The van der Waals surface area contributed by atoms with Crippen molar-refractivity contribution in [3.8, 4) is 90.1 Å². The molecule has 0 aliphatic heterocycles. The van der Waals surface area contributed by atoms with Crippen molar-refractivity contribution in [1.29, 1.82) is 0 Å². The van der Waals surface area contributed by atoms with E-state index in [0.717, 1.165) is 88.3 Å². The Morgan fingerprint density at radius 1 is 0.260 bits per heavy atom. The molecule has 13 heterocycles. The monoisotopic (exact) mass is 2700 g/mol. The predicted molar refractivity (Wildman–Crippen MR) is 596 cm³/mol. The molecule has 0 fully saturated rings. The number of benzene rings is 13. The van der Waals surface area contributed by atoms with Crippen molar-refractivity contribution in [1.82, 2.24) is 44.9 Å². The van der Waals surface area contributed by atoms with Crippen LogP contribution in [0.1, 0.15) is 133 Å². The first-order valence-electron chi connectivity index (χ1n) is 62.7. The third-order valence-electron chi connectivity index (χ3n) is 23.2. The van der Waals surface area contributed by atoms with Crippen LogP contribution in [0.5, 0.6) is 0 Å². The number of aromatic nitrogens is 9. The standard InChI is InChI=1S/2C21H12NO.C20H17N2O.C19H14NO.4C13H12N.4Ir/c1-2-7-15-14(6-1)11-12-19-20(15)17-9-5-8-16(21(17)23-19)18-10-3-4-13-22-18;1-2-7-15-13-20-18(12-14(15)6-1)16-8-5-9-17(21(16)23-20)19-10-3-4-11-22-19;1-12(2)14-9-10-21-18(11-14)17-6-4-5-15-16-8-7-13(3)22-20(16)23-19(15)17;1-12-6-7-14-15-4-3-5-16(19(15)21-18(14)11-12)17-10-13(2)8-9-20-17;4*1-10-3-6-12(7-4-10)13-8-5-11(2)9-14-13;;;;/h1-7,9-13H;1-8,10-13H;4-5,7-12H,1-3H3;3-4,6-11H,1-2H3;4*3-6,8-9H,1-2H3;;;;/q8*-1;;;;/i;;1D3,3D3,12D;2D3;4*1D3,2D3;;;;. The second-order valence-electron chi connectivity index (χ2n) is 33.3. The van der Waals surface area contributed by atoms with E-state index in [1.807, 2.05) is 97.9 Å². The molecular formula is C133H103Ir4N9O4-8. The predicted octanol–water partition coefficient (Wildman–Crippen LogP) is 34.2. The van der Waals surface area contributed by atoms with Crippen molar-refractivity contribution in [3.63, 3.8) is 0 Å². The van der Waals surface area contributed by atoms with Crippen LogP contribution in [-0.2, 0) is 80.4 Å². The quantitative estimate of drug-likeness (QED) is 0.125. The van der Waals surface area contributed by atoms with Gasteiger partial charge in [0.05, 0.1) is 22.3 Å². The zero-order chi connectivity index (χ0) is 129. The van der Waals surface area contributed by atoms with Gasteiger partial charge in [-0.25, -0.2) is 4.98 Å². The molecule has 0 N–H and O–H groups in total. The average molecular weight is 2690 g/mol. The number of hydrogen-bond donors (Lipinski definition) is 0. The minimum absolute atomic E-state index is 0. The summed E-state index contributed by atoms with van der Waals surface area (Å²) in [7, 11) is 0. The van der Waals surface area contributed by atoms with Crippen molar-refractivity contribution >= 4 is 109 Å². The summed E-state index contributed by atoms with van der Waals surface area (Å²) in [5.74, 6) is -1.82. The molecule has 0 spiro atoms. The summed E-state index contributed by atoms with van der Waals surface area (Å²) in [4.78, 5) is 37.9. The molecule has 26 rings (SSSR count). The molecule has 1 unspecified atom stereocenters. The molecule has 748 valence electrons. The van der Waals surface area contributed by atoms with E-state index in [0.29, 0.717) is 89.5 Å². The summed E-state index contributed by atoms with van der Waals surface area (Å²) in [6.45, 7) is -21.0. The molecule has 13 aromatic carbocycles. The van der Waals surface area contributed by atoms with Gasteiger partial charge in [-0.15, -0.1) is 214 Å². The van der Waals surface area contributed by atoms with Crippen molar-refractivity contribution in [2.45, 2.75) is 95.1 Å². The van der Waals surface area contributed by atoms with E-state index in [-0.39, 0.29) is 147 Å². The summed E-state index contributed by atoms with van der Waals surface area (Å²) in [5, 5.41) is 12.7. The second-order valence-corrected chi connectivity index (χ2v) is 33.3. The van der Waals surface area contributed by atoms with E-state index < -0.39 is 81.3 Å². The Labute approximate surface area is 976 Å². The number of furan rings is 4. The molecule has 150 heavy (non-hydrogen) atoms. The number of nitrogens with zero attached hydrogens (tertiary/aromatic N) is 9. The third kappa shape index (κ3) is 25.9. The van der Waals surface area contributed by atoms with Gasteiger partial charge in [-0.05, 0) is 210 Å². The molecule has 0 saturated heterocycles. The van der Waals surface area contributed by atoms with Gasteiger partial charge in [-0.2, -0.15) is 0 Å². The van der Waals surface area contributed by atoms with E-state index in [9.17, 15) is 0 Å². The Balaban J connectivity index is 0.000000152. The second kappa shape index (κ2) is 50.5. The molecule has 13 nitrogen and oxygen atoms in total. The smallest absolute Gasteiger partial charge is 0.216 e. The molecule has 13 aromatic heterocycles. The van der Waals surface area contributed by atoms with E-state index in [1.165, 1.54) is 157 Å². The normalized spacial score (nSPS) is 15.3. The molecule has 0 aliphatic rings. The fraction of sp³-hybridized carbons (Fsp3) is 0.105. The Kier molecular flexibility index (Phi) is 24.2. The Hall–Kier alpha value is -15.5. The van der Waals surface area contributed by atoms with Crippen molar-refractivity contribution in [2.24, 2.45) is 0 Å². The van der Waals surface area contributed by atoms with Crippen LogP contribution in [0.15, 0.2) is 401 Å². The summed E-state index contributed by atoms with van der Waals surface area (Å²) >= 11 is 0. The maximum absolute atomic E-state index is 8.32. The van der Waals surface area contributed by atoms with Gasteiger partial charge in [0.15, 0.2) is 0 Å². The largest absolute Gasteiger partial charge is 0.501 e. The number of pyridine rings is 9. The summed E-state index contributed by atoms with van der Waals surface area (Å²) < 4.78 is 276. The fourth-order valence-corrected chi connectivity index (χ4v) is 16.1. The molecule has 4 radical (unpaired) electrons. The number of hydrogen-bond acceptors (Lipinski definition) is 13. The van der Waals surface area contributed by atoms with Gasteiger partial charge < -0.3 is 57.5 Å². The van der Waals surface area contributed by atoms with Gasteiger partial charge in [0.1, 0.15) is 16.7 Å². The zero-order valence-corrected chi connectivity index (χ0v) is 88.9. The van der Waals surface area contributed by atoms with E-state index in [2.05, 4.69) is 166 Å². The third-order valence-corrected chi connectivity index (χ3v) is 23.2. The summed E-state index contributed by atoms with van der Waals surface area (Å²) in [6.07, 6.45) is 11.7. The summed E-state index contributed by atoms with van der Waals surface area (Å²) in [5.41, 5.74) is 19.0.